The Morgan fingerprint density at radius 2 is 2.78 bits per heavy atom. The van der Waals surface area contributed by atoms with Gasteiger partial charge in [0.25, 0.3) is 0 Å². The van der Waals surface area contributed by atoms with Crippen molar-refractivity contribution in [3.05, 3.63) is 18.2 Å². The Hall–Kier alpha value is -0.830. The Balaban J connectivity index is 2.39. The second-order valence-electron chi connectivity index (χ2n) is 2.17. The van der Waals surface area contributed by atoms with Gasteiger partial charge in [-0.25, -0.2) is 4.98 Å². The summed E-state index contributed by atoms with van der Waals surface area (Å²) in [5.41, 5.74) is 1.17. The fourth-order valence-corrected chi connectivity index (χ4v) is 1.05. The summed E-state index contributed by atoms with van der Waals surface area (Å²) < 4.78 is 2.12. The van der Waals surface area contributed by atoms with Gasteiger partial charge in [-0.3, -0.25) is 0 Å². The number of rotatable bonds is 0. The van der Waals surface area contributed by atoms with E-state index in [9.17, 15) is 0 Å². The van der Waals surface area contributed by atoms with Gasteiger partial charge in [0.05, 0.1) is 12.0 Å². The van der Waals surface area contributed by atoms with Gasteiger partial charge in [0.15, 0.2) is 0 Å². The summed E-state index contributed by atoms with van der Waals surface area (Å²) in [4.78, 5) is 3.90. The molecule has 0 aliphatic carbocycles. The third kappa shape index (κ3) is 0.733. The van der Waals surface area contributed by atoms with E-state index in [0.29, 0.717) is 0 Å². The van der Waals surface area contributed by atoms with Crippen LogP contribution in [0.3, 0.4) is 0 Å². The molecule has 3 heteroatoms. The lowest BCUT2D eigenvalue weighted by Crippen LogP contribution is -2.27. The highest BCUT2D eigenvalue weighted by atomic mass is 15.1. The number of hydrogen-bond donors (Lipinski definition) is 1. The Morgan fingerprint density at radius 3 is 3.67 bits per heavy atom. The van der Waals surface area contributed by atoms with Crippen molar-refractivity contribution < 1.29 is 0 Å². The van der Waals surface area contributed by atoms with Gasteiger partial charge < -0.3 is 9.88 Å². The van der Waals surface area contributed by atoms with E-state index in [1.54, 1.807) is 0 Å². The molecule has 0 atom stereocenters. The third-order valence-corrected chi connectivity index (χ3v) is 1.56. The molecule has 9 heavy (non-hydrogen) atoms. The van der Waals surface area contributed by atoms with Gasteiger partial charge in [-0.05, 0) is 0 Å². The molecule has 0 spiro atoms. The zero-order valence-electron chi connectivity index (χ0n) is 5.09. The SMILES string of the molecule is [c]1ncn2c1CNCC2. The fourth-order valence-electron chi connectivity index (χ4n) is 1.05. The van der Waals surface area contributed by atoms with Crippen molar-refractivity contribution in [2.24, 2.45) is 0 Å². The van der Waals surface area contributed by atoms with Crippen LogP contribution in [0.25, 0.3) is 0 Å². The first-order valence-electron chi connectivity index (χ1n) is 3.09. The molecule has 1 aromatic heterocycles. The minimum absolute atomic E-state index is 0.917. The summed E-state index contributed by atoms with van der Waals surface area (Å²) >= 11 is 0. The quantitative estimate of drug-likeness (QED) is 0.516. The molecule has 0 aromatic carbocycles. The second-order valence-corrected chi connectivity index (χ2v) is 2.17. The van der Waals surface area contributed by atoms with Crippen LogP contribution in [0.15, 0.2) is 6.33 Å². The molecular formula is C6H8N3. The monoisotopic (exact) mass is 122 g/mol. The van der Waals surface area contributed by atoms with Gasteiger partial charge in [-0.2, -0.15) is 0 Å². The van der Waals surface area contributed by atoms with Gasteiger partial charge in [-0.15, -0.1) is 0 Å². The molecular weight excluding hydrogens is 114 g/mol. The molecule has 2 rings (SSSR count). The number of imidazole rings is 1. The highest BCUT2D eigenvalue weighted by molar-refractivity contribution is 4.98. The molecule has 0 amide bonds. The average molecular weight is 122 g/mol. The van der Waals surface area contributed by atoms with Crippen LogP contribution in [0.4, 0.5) is 0 Å². The van der Waals surface area contributed by atoms with Gasteiger partial charge >= 0.3 is 0 Å². The highest BCUT2D eigenvalue weighted by Gasteiger charge is 2.05. The number of fused-ring (bicyclic) bond motifs is 1. The Bertz CT molecular complexity index is 183. The van der Waals surface area contributed by atoms with Crippen molar-refractivity contribution in [2.45, 2.75) is 13.1 Å². The first-order valence-corrected chi connectivity index (χ1v) is 3.09. The minimum atomic E-state index is 0.917. The van der Waals surface area contributed by atoms with Crippen molar-refractivity contribution in [1.29, 1.82) is 0 Å². The molecule has 0 fully saturated rings. The van der Waals surface area contributed by atoms with E-state index in [0.717, 1.165) is 19.6 Å². The summed E-state index contributed by atoms with van der Waals surface area (Å²) in [7, 11) is 0. The summed E-state index contributed by atoms with van der Waals surface area (Å²) in [5, 5.41) is 3.23. The highest BCUT2D eigenvalue weighted by Crippen LogP contribution is 2.00. The molecule has 1 radical (unpaired) electrons. The van der Waals surface area contributed by atoms with Crippen LogP contribution in [-0.2, 0) is 13.1 Å². The third-order valence-electron chi connectivity index (χ3n) is 1.56. The van der Waals surface area contributed by atoms with Crippen LogP contribution in [0.2, 0.25) is 0 Å². The lowest BCUT2D eigenvalue weighted by Gasteiger charge is -2.13. The van der Waals surface area contributed by atoms with Crippen molar-refractivity contribution in [3.63, 3.8) is 0 Å². The summed E-state index contributed by atoms with van der Waals surface area (Å²) in [6.45, 7) is 3.00. The molecule has 47 valence electrons. The van der Waals surface area contributed by atoms with E-state index in [2.05, 4.69) is 21.1 Å². The molecule has 0 saturated heterocycles. The second kappa shape index (κ2) is 1.84. The average Bonchev–Trinajstić information content (AvgIpc) is 2.33. The van der Waals surface area contributed by atoms with Crippen molar-refractivity contribution >= 4 is 0 Å². The largest absolute Gasteiger partial charge is 0.332 e. The molecule has 1 aliphatic heterocycles. The lowest BCUT2D eigenvalue weighted by atomic mass is 10.4. The van der Waals surface area contributed by atoms with Crippen LogP contribution in [0.1, 0.15) is 5.69 Å². The predicted molar refractivity (Wildman–Crippen MR) is 32.8 cm³/mol. The summed E-state index contributed by atoms with van der Waals surface area (Å²) in [6, 6.07) is 0. The minimum Gasteiger partial charge on any atom is -0.332 e. The number of hydrogen-bond acceptors (Lipinski definition) is 2. The Labute approximate surface area is 53.7 Å². The zero-order valence-corrected chi connectivity index (χ0v) is 5.09. The molecule has 1 N–H and O–H groups in total. The van der Waals surface area contributed by atoms with Crippen LogP contribution in [-0.4, -0.2) is 16.1 Å². The van der Waals surface area contributed by atoms with Gasteiger partial charge in [-0.1, -0.05) is 0 Å². The van der Waals surface area contributed by atoms with Crippen molar-refractivity contribution in [2.75, 3.05) is 6.54 Å². The van der Waals surface area contributed by atoms with E-state index in [1.807, 2.05) is 6.33 Å². The molecule has 1 aliphatic rings. The first kappa shape index (κ1) is 4.99. The molecule has 3 nitrogen and oxygen atoms in total. The molecule has 0 unspecified atom stereocenters. The van der Waals surface area contributed by atoms with Crippen LogP contribution in [0, 0.1) is 6.20 Å². The normalized spacial score (nSPS) is 17.3. The van der Waals surface area contributed by atoms with E-state index in [-0.39, 0.29) is 0 Å². The predicted octanol–water partition coefficient (Wildman–Crippen LogP) is -0.214. The number of nitrogens with one attached hydrogen (secondary N) is 1. The van der Waals surface area contributed by atoms with Gasteiger partial charge in [0.1, 0.15) is 6.20 Å². The molecule has 0 saturated carbocycles. The topological polar surface area (TPSA) is 29.9 Å². The maximum atomic E-state index is 3.90. The maximum absolute atomic E-state index is 3.90. The zero-order chi connectivity index (χ0) is 6.10. The number of aromatic nitrogens is 2. The fraction of sp³-hybridized carbons (Fsp3) is 0.500. The van der Waals surface area contributed by atoms with Crippen molar-refractivity contribution in [1.82, 2.24) is 14.9 Å². The lowest BCUT2D eigenvalue weighted by molar-refractivity contribution is 0.515. The first-order chi connectivity index (χ1) is 4.47. The van der Waals surface area contributed by atoms with E-state index in [4.69, 9.17) is 0 Å². The number of nitrogens with zero attached hydrogens (tertiary/aromatic N) is 2. The maximum Gasteiger partial charge on any atom is 0.113 e. The molecule has 0 bridgehead atoms. The summed E-state index contributed by atoms with van der Waals surface area (Å²) in [5.74, 6) is 0. The van der Waals surface area contributed by atoms with E-state index in [1.165, 1.54) is 5.69 Å². The standard InChI is InChI=1S/C6H8N3/c1-2-9-5-8-4-6(9)3-7-1/h5,7H,1-3H2. The van der Waals surface area contributed by atoms with Crippen LogP contribution in [0.5, 0.6) is 0 Å². The van der Waals surface area contributed by atoms with Crippen molar-refractivity contribution in [3.8, 4) is 0 Å². The Morgan fingerprint density at radius 1 is 1.78 bits per heavy atom. The Kier molecular flexibility index (Phi) is 1.02. The van der Waals surface area contributed by atoms with E-state index < -0.39 is 0 Å². The molecule has 1 aromatic rings. The van der Waals surface area contributed by atoms with Gasteiger partial charge in [0.2, 0.25) is 0 Å². The summed E-state index contributed by atoms with van der Waals surface area (Å²) in [6.07, 6.45) is 4.74. The van der Waals surface area contributed by atoms with Crippen LogP contribution < -0.4 is 5.32 Å². The van der Waals surface area contributed by atoms with Gasteiger partial charge in [0, 0.05) is 19.6 Å². The van der Waals surface area contributed by atoms with Crippen LogP contribution >= 0.6 is 0 Å². The smallest absolute Gasteiger partial charge is 0.113 e. The molecule has 2 heterocycles. The van der Waals surface area contributed by atoms with E-state index >= 15 is 0 Å².